The van der Waals surface area contributed by atoms with E-state index in [-0.39, 0.29) is 23.6 Å². The molecule has 0 spiro atoms. The zero-order valence-electron chi connectivity index (χ0n) is 14.4. The summed E-state index contributed by atoms with van der Waals surface area (Å²) in [5.41, 5.74) is 2.64. The molecular weight excluding hydrogens is 336 g/mol. The standard InChI is InChI=1S/C19H18N2O5/c1-3-12-6-4-5-7-14(12)20-17(22)11-21-15-9-8-13(18(23)25-2)10-16(15)26-19(21)24/h4-10H,3,11H2,1-2H3,(H,20,22). The molecular formula is C19H18N2O5. The molecule has 1 heterocycles. The van der Waals surface area contributed by atoms with E-state index in [1.165, 1.54) is 23.8 Å². The first kappa shape index (κ1) is 17.5. The Bertz CT molecular complexity index is 1030. The zero-order valence-corrected chi connectivity index (χ0v) is 14.4. The Morgan fingerprint density at radius 3 is 2.69 bits per heavy atom. The van der Waals surface area contributed by atoms with Crippen molar-refractivity contribution in [2.45, 2.75) is 19.9 Å². The maximum atomic E-state index is 12.4. The molecule has 2 aromatic carbocycles. The van der Waals surface area contributed by atoms with Crippen LogP contribution in [0.4, 0.5) is 5.69 Å². The normalized spacial score (nSPS) is 10.7. The summed E-state index contributed by atoms with van der Waals surface area (Å²) in [6.45, 7) is 1.80. The average molecular weight is 354 g/mol. The van der Waals surface area contributed by atoms with E-state index in [1.54, 1.807) is 6.07 Å². The number of carbonyl (C=O) groups excluding carboxylic acids is 2. The number of methoxy groups -OCH3 is 1. The van der Waals surface area contributed by atoms with Gasteiger partial charge >= 0.3 is 11.7 Å². The second-order valence-corrected chi connectivity index (χ2v) is 5.69. The average Bonchev–Trinajstić information content (AvgIpc) is 2.96. The number of rotatable bonds is 5. The lowest BCUT2D eigenvalue weighted by Gasteiger charge is -2.09. The fourth-order valence-electron chi connectivity index (χ4n) is 2.74. The molecule has 134 valence electrons. The summed E-state index contributed by atoms with van der Waals surface area (Å²) in [5, 5.41) is 2.82. The van der Waals surface area contributed by atoms with Crippen molar-refractivity contribution in [3.8, 4) is 0 Å². The number of nitrogens with zero attached hydrogens (tertiary/aromatic N) is 1. The number of oxazole rings is 1. The molecule has 0 unspecified atom stereocenters. The van der Waals surface area contributed by atoms with Crippen LogP contribution in [0.15, 0.2) is 51.7 Å². The lowest BCUT2D eigenvalue weighted by molar-refractivity contribution is -0.116. The number of esters is 1. The number of nitrogens with one attached hydrogen (secondary N) is 1. The van der Waals surface area contributed by atoms with Crippen LogP contribution >= 0.6 is 0 Å². The number of ether oxygens (including phenoxy) is 1. The number of aryl methyl sites for hydroxylation is 1. The van der Waals surface area contributed by atoms with Crippen molar-refractivity contribution in [3.05, 3.63) is 64.1 Å². The quantitative estimate of drug-likeness (QED) is 0.711. The van der Waals surface area contributed by atoms with Crippen LogP contribution in [0.3, 0.4) is 0 Å². The Balaban J connectivity index is 1.86. The van der Waals surface area contributed by atoms with Crippen LogP contribution in [0.2, 0.25) is 0 Å². The minimum Gasteiger partial charge on any atom is -0.465 e. The predicted molar refractivity (Wildman–Crippen MR) is 96.3 cm³/mol. The van der Waals surface area contributed by atoms with E-state index in [9.17, 15) is 14.4 Å². The van der Waals surface area contributed by atoms with E-state index in [1.807, 2.05) is 31.2 Å². The maximum Gasteiger partial charge on any atom is 0.420 e. The molecule has 0 saturated carbocycles. The maximum absolute atomic E-state index is 12.4. The molecule has 0 bridgehead atoms. The lowest BCUT2D eigenvalue weighted by atomic mass is 10.1. The van der Waals surface area contributed by atoms with Gasteiger partial charge < -0.3 is 14.5 Å². The smallest absolute Gasteiger partial charge is 0.420 e. The van der Waals surface area contributed by atoms with Gasteiger partial charge in [0.15, 0.2) is 5.58 Å². The number of hydrogen-bond donors (Lipinski definition) is 1. The number of para-hydroxylation sites is 1. The summed E-state index contributed by atoms with van der Waals surface area (Å²) < 4.78 is 11.0. The Morgan fingerprint density at radius 2 is 1.96 bits per heavy atom. The summed E-state index contributed by atoms with van der Waals surface area (Å²) in [4.78, 5) is 36.1. The first-order valence-electron chi connectivity index (χ1n) is 8.13. The molecule has 3 rings (SSSR count). The predicted octanol–water partition coefficient (Wildman–Crippen LogP) is 2.58. The van der Waals surface area contributed by atoms with Gasteiger partial charge in [0.2, 0.25) is 5.91 Å². The van der Waals surface area contributed by atoms with Gasteiger partial charge in [0.05, 0.1) is 18.2 Å². The summed E-state index contributed by atoms with van der Waals surface area (Å²) >= 11 is 0. The molecule has 0 atom stereocenters. The highest BCUT2D eigenvalue weighted by atomic mass is 16.5. The molecule has 7 nitrogen and oxygen atoms in total. The molecule has 0 aliphatic carbocycles. The summed E-state index contributed by atoms with van der Waals surface area (Å²) in [7, 11) is 1.27. The molecule has 1 aromatic heterocycles. The zero-order chi connectivity index (χ0) is 18.7. The number of carbonyl (C=O) groups is 2. The Labute approximate surface area is 149 Å². The van der Waals surface area contributed by atoms with Gasteiger partial charge in [-0.1, -0.05) is 25.1 Å². The van der Waals surface area contributed by atoms with E-state index >= 15 is 0 Å². The molecule has 0 fully saturated rings. The van der Waals surface area contributed by atoms with Crippen LogP contribution in [-0.4, -0.2) is 23.6 Å². The molecule has 3 aromatic rings. The fraction of sp³-hybridized carbons (Fsp3) is 0.211. The van der Waals surface area contributed by atoms with Crippen LogP contribution in [0.1, 0.15) is 22.8 Å². The second-order valence-electron chi connectivity index (χ2n) is 5.69. The Hall–Kier alpha value is -3.35. The Morgan fingerprint density at radius 1 is 1.19 bits per heavy atom. The number of aromatic nitrogens is 1. The van der Waals surface area contributed by atoms with Gasteiger partial charge in [-0.15, -0.1) is 0 Å². The van der Waals surface area contributed by atoms with E-state index in [2.05, 4.69) is 10.1 Å². The first-order chi connectivity index (χ1) is 12.5. The van der Waals surface area contributed by atoms with Crippen molar-refractivity contribution >= 4 is 28.7 Å². The molecule has 0 aliphatic rings. The van der Waals surface area contributed by atoms with Crippen LogP contribution in [0.5, 0.6) is 0 Å². The molecule has 0 aliphatic heterocycles. The van der Waals surface area contributed by atoms with Crippen LogP contribution in [0.25, 0.3) is 11.1 Å². The molecule has 1 amide bonds. The third-order valence-corrected chi connectivity index (χ3v) is 4.06. The highest BCUT2D eigenvalue weighted by molar-refractivity contribution is 5.94. The van der Waals surface area contributed by atoms with E-state index in [0.29, 0.717) is 11.2 Å². The van der Waals surface area contributed by atoms with Crippen molar-refractivity contribution in [1.29, 1.82) is 0 Å². The van der Waals surface area contributed by atoms with Gasteiger partial charge in [-0.25, -0.2) is 9.59 Å². The fourth-order valence-corrected chi connectivity index (χ4v) is 2.74. The molecule has 0 radical (unpaired) electrons. The number of amides is 1. The lowest BCUT2D eigenvalue weighted by Crippen LogP contribution is -2.25. The Kier molecular flexibility index (Phi) is 4.88. The second kappa shape index (κ2) is 7.26. The number of hydrogen-bond acceptors (Lipinski definition) is 5. The topological polar surface area (TPSA) is 90.5 Å². The van der Waals surface area contributed by atoms with Crippen LogP contribution in [-0.2, 0) is 22.5 Å². The van der Waals surface area contributed by atoms with E-state index in [4.69, 9.17) is 4.42 Å². The highest BCUT2D eigenvalue weighted by Gasteiger charge is 2.16. The van der Waals surface area contributed by atoms with Gasteiger partial charge in [0.25, 0.3) is 0 Å². The minimum atomic E-state index is -0.666. The van der Waals surface area contributed by atoms with E-state index < -0.39 is 11.7 Å². The van der Waals surface area contributed by atoms with E-state index in [0.717, 1.165) is 12.0 Å². The van der Waals surface area contributed by atoms with Gasteiger partial charge in [-0.05, 0) is 36.2 Å². The molecule has 0 saturated heterocycles. The third-order valence-electron chi connectivity index (χ3n) is 4.06. The molecule has 26 heavy (non-hydrogen) atoms. The van der Waals surface area contributed by atoms with Gasteiger partial charge in [0, 0.05) is 5.69 Å². The van der Waals surface area contributed by atoms with Gasteiger partial charge in [-0.2, -0.15) is 0 Å². The van der Waals surface area contributed by atoms with Gasteiger partial charge in [-0.3, -0.25) is 9.36 Å². The summed E-state index contributed by atoms with van der Waals surface area (Å²) in [6, 6.07) is 12.0. The minimum absolute atomic E-state index is 0.193. The monoisotopic (exact) mass is 354 g/mol. The SMILES string of the molecule is CCc1ccccc1NC(=O)Cn1c(=O)oc2cc(C(=O)OC)ccc21. The number of fused-ring (bicyclic) bond motifs is 1. The number of anilines is 1. The highest BCUT2D eigenvalue weighted by Crippen LogP contribution is 2.18. The first-order valence-corrected chi connectivity index (χ1v) is 8.13. The van der Waals surface area contributed by atoms with Crippen molar-refractivity contribution in [2.75, 3.05) is 12.4 Å². The van der Waals surface area contributed by atoms with Crippen molar-refractivity contribution in [1.82, 2.24) is 4.57 Å². The molecule has 7 heteroatoms. The third kappa shape index (κ3) is 3.37. The van der Waals surface area contributed by atoms with Crippen molar-refractivity contribution in [2.24, 2.45) is 0 Å². The van der Waals surface area contributed by atoms with Crippen LogP contribution in [0, 0.1) is 0 Å². The van der Waals surface area contributed by atoms with Gasteiger partial charge in [0.1, 0.15) is 6.54 Å². The summed E-state index contributed by atoms with van der Waals surface area (Å²) in [5.74, 6) is -1.54. The van der Waals surface area contributed by atoms with Crippen molar-refractivity contribution < 1.29 is 18.7 Å². The largest absolute Gasteiger partial charge is 0.465 e. The summed E-state index contributed by atoms with van der Waals surface area (Å²) in [6.07, 6.45) is 0.779. The van der Waals surface area contributed by atoms with Crippen molar-refractivity contribution in [3.63, 3.8) is 0 Å². The van der Waals surface area contributed by atoms with Crippen LogP contribution < -0.4 is 11.1 Å². The molecule has 1 N–H and O–H groups in total. The number of benzene rings is 2.